The molecule has 0 N–H and O–H groups in total. The average Bonchev–Trinajstić information content (AvgIpc) is 2.59. The van der Waals surface area contributed by atoms with E-state index in [4.69, 9.17) is 28.7 Å². The minimum atomic E-state index is -0.684. The van der Waals surface area contributed by atoms with E-state index in [-0.39, 0.29) is 17.9 Å². The second-order valence-electron chi connectivity index (χ2n) is 4.54. The van der Waals surface area contributed by atoms with Gasteiger partial charge in [0.25, 0.3) is 0 Å². The number of benzene rings is 1. The molecule has 0 saturated carbocycles. The van der Waals surface area contributed by atoms with Gasteiger partial charge in [0.05, 0.1) is 27.9 Å². The summed E-state index contributed by atoms with van der Waals surface area (Å²) < 4.78 is 20.9. The first-order chi connectivity index (χ1) is 11.2. The summed E-state index contributed by atoms with van der Waals surface area (Å²) in [5.41, 5.74) is 0.178. The standard InChI is InChI=1S/C16H24O7/c1-5-6-9-21-10-11-22-23-16(17)12-7-8-13(18-2)15(20-4)14(12)19-3/h7-8H,5-6,9-11H2,1-4H3. The minimum Gasteiger partial charge on any atom is -0.493 e. The zero-order valence-electron chi connectivity index (χ0n) is 14.0. The van der Waals surface area contributed by atoms with Crippen molar-refractivity contribution < 1.29 is 33.5 Å². The van der Waals surface area contributed by atoms with Crippen molar-refractivity contribution in [2.24, 2.45) is 0 Å². The maximum Gasteiger partial charge on any atom is 0.376 e. The van der Waals surface area contributed by atoms with E-state index in [0.717, 1.165) is 12.8 Å². The molecule has 0 aromatic heterocycles. The van der Waals surface area contributed by atoms with Crippen LogP contribution in [-0.4, -0.2) is 47.1 Å². The number of unbranched alkanes of at least 4 members (excludes halogenated alkanes) is 1. The summed E-state index contributed by atoms with van der Waals surface area (Å²) in [6, 6.07) is 3.11. The molecule has 1 aromatic rings. The molecular weight excluding hydrogens is 304 g/mol. The lowest BCUT2D eigenvalue weighted by molar-refractivity contribution is -0.247. The van der Waals surface area contributed by atoms with Crippen molar-refractivity contribution in [2.75, 3.05) is 41.2 Å². The molecule has 0 aliphatic carbocycles. The van der Waals surface area contributed by atoms with Crippen LogP contribution in [0.5, 0.6) is 17.2 Å². The Morgan fingerprint density at radius 2 is 1.70 bits per heavy atom. The highest BCUT2D eigenvalue weighted by atomic mass is 17.2. The third kappa shape index (κ3) is 5.61. The minimum absolute atomic E-state index is 0.158. The quantitative estimate of drug-likeness (QED) is 0.351. The van der Waals surface area contributed by atoms with Crippen LogP contribution in [0.3, 0.4) is 0 Å². The molecule has 0 aliphatic heterocycles. The molecule has 23 heavy (non-hydrogen) atoms. The number of hydrogen-bond acceptors (Lipinski definition) is 7. The van der Waals surface area contributed by atoms with Crippen LogP contribution >= 0.6 is 0 Å². The lowest BCUT2D eigenvalue weighted by Gasteiger charge is -2.14. The summed E-state index contributed by atoms with van der Waals surface area (Å²) >= 11 is 0. The lowest BCUT2D eigenvalue weighted by Crippen LogP contribution is -2.12. The first-order valence-electron chi connectivity index (χ1n) is 7.40. The molecule has 0 atom stereocenters. The molecule has 1 rings (SSSR count). The van der Waals surface area contributed by atoms with Crippen molar-refractivity contribution >= 4 is 5.97 Å². The molecule has 0 unspecified atom stereocenters. The van der Waals surface area contributed by atoms with Gasteiger partial charge >= 0.3 is 5.97 Å². The Labute approximate surface area is 136 Å². The zero-order chi connectivity index (χ0) is 17.1. The van der Waals surface area contributed by atoms with Crippen LogP contribution in [0.2, 0.25) is 0 Å². The van der Waals surface area contributed by atoms with Crippen LogP contribution in [0.1, 0.15) is 30.1 Å². The SMILES string of the molecule is CCCCOCCOOC(=O)c1ccc(OC)c(OC)c1OC. The first-order valence-corrected chi connectivity index (χ1v) is 7.40. The molecule has 0 heterocycles. The Hall–Kier alpha value is -1.99. The van der Waals surface area contributed by atoms with Crippen LogP contribution in [0.15, 0.2) is 12.1 Å². The second kappa shape index (κ2) is 10.7. The van der Waals surface area contributed by atoms with Crippen molar-refractivity contribution in [1.29, 1.82) is 0 Å². The molecule has 1 aromatic carbocycles. The van der Waals surface area contributed by atoms with Crippen LogP contribution in [-0.2, 0) is 14.5 Å². The lowest BCUT2D eigenvalue weighted by atomic mass is 10.1. The fourth-order valence-electron chi connectivity index (χ4n) is 1.84. The summed E-state index contributed by atoms with van der Waals surface area (Å²) in [6.45, 7) is 3.26. The highest BCUT2D eigenvalue weighted by Crippen LogP contribution is 2.39. The summed E-state index contributed by atoms with van der Waals surface area (Å²) in [4.78, 5) is 21.7. The fourth-order valence-corrected chi connectivity index (χ4v) is 1.84. The van der Waals surface area contributed by atoms with Gasteiger partial charge in [0.15, 0.2) is 11.5 Å². The molecule has 0 saturated heterocycles. The van der Waals surface area contributed by atoms with E-state index < -0.39 is 5.97 Å². The molecule has 0 aliphatic rings. The topological polar surface area (TPSA) is 72.5 Å². The second-order valence-corrected chi connectivity index (χ2v) is 4.54. The van der Waals surface area contributed by atoms with Gasteiger partial charge in [-0.1, -0.05) is 13.3 Å². The Morgan fingerprint density at radius 3 is 2.30 bits per heavy atom. The van der Waals surface area contributed by atoms with E-state index in [1.165, 1.54) is 27.4 Å². The Morgan fingerprint density at radius 1 is 0.957 bits per heavy atom. The largest absolute Gasteiger partial charge is 0.493 e. The van der Waals surface area contributed by atoms with E-state index >= 15 is 0 Å². The number of carbonyl (C=O) groups excluding carboxylic acids is 1. The number of hydrogen-bond donors (Lipinski definition) is 0. The van der Waals surface area contributed by atoms with Gasteiger partial charge in [-0.15, -0.1) is 0 Å². The van der Waals surface area contributed by atoms with Crippen molar-refractivity contribution in [2.45, 2.75) is 19.8 Å². The molecule has 130 valence electrons. The molecule has 0 amide bonds. The highest BCUT2D eigenvalue weighted by Gasteiger charge is 2.22. The van der Waals surface area contributed by atoms with Gasteiger partial charge in [-0.2, -0.15) is 4.89 Å². The first kappa shape index (κ1) is 19.1. The molecule has 0 radical (unpaired) electrons. The number of carbonyl (C=O) groups is 1. The van der Waals surface area contributed by atoms with Gasteiger partial charge in [-0.3, -0.25) is 4.89 Å². The number of ether oxygens (including phenoxy) is 4. The predicted molar refractivity (Wildman–Crippen MR) is 83.2 cm³/mol. The molecule has 0 bridgehead atoms. The monoisotopic (exact) mass is 328 g/mol. The molecular formula is C16H24O7. The van der Waals surface area contributed by atoms with Crippen LogP contribution in [0.25, 0.3) is 0 Å². The molecule has 0 fully saturated rings. The zero-order valence-corrected chi connectivity index (χ0v) is 14.0. The van der Waals surface area contributed by atoms with Gasteiger partial charge in [0, 0.05) is 6.61 Å². The van der Waals surface area contributed by atoms with Crippen molar-refractivity contribution in [3.8, 4) is 17.2 Å². The normalized spacial score (nSPS) is 10.3. The third-order valence-electron chi connectivity index (χ3n) is 3.01. The van der Waals surface area contributed by atoms with E-state index in [1.807, 2.05) is 0 Å². The smallest absolute Gasteiger partial charge is 0.376 e. The van der Waals surface area contributed by atoms with Crippen LogP contribution in [0, 0.1) is 0 Å². The summed E-state index contributed by atoms with van der Waals surface area (Å²) in [7, 11) is 4.38. The van der Waals surface area contributed by atoms with Gasteiger partial charge in [0.2, 0.25) is 5.75 Å². The van der Waals surface area contributed by atoms with Gasteiger partial charge < -0.3 is 18.9 Å². The summed E-state index contributed by atoms with van der Waals surface area (Å²) in [5, 5.41) is 0. The maximum absolute atomic E-state index is 12.1. The van der Waals surface area contributed by atoms with Crippen LogP contribution in [0.4, 0.5) is 0 Å². The highest BCUT2D eigenvalue weighted by molar-refractivity contribution is 5.93. The Bertz CT molecular complexity index is 488. The van der Waals surface area contributed by atoms with E-state index in [9.17, 15) is 4.79 Å². The van der Waals surface area contributed by atoms with E-state index in [2.05, 4.69) is 6.92 Å². The average molecular weight is 328 g/mol. The summed E-state index contributed by atoms with van der Waals surface area (Å²) in [6.07, 6.45) is 2.05. The fraction of sp³-hybridized carbons (Fsp3) is 0.562. The maximum atomic E-state index is 12.1. The van der Waals surface area contributed by atoms with E-state index in [1.54, 1.807) is 6.07 Å². The predicted octanol–water partition coefficient (Wildman–Crippen LogP) is 2.62. The summed E-state index contributed by atoms with van der Waals surface area (Å²) in [5.74, 6) is 0.300. The van der Waals surface area contributed by atoms with E-state index in [0.29, 0.717) is 24.7 Å². The Balaban J connectivity index is 2.59. The third-order valence-corrected chi connectivity index (χ3v) is 3.01. The van der Waals surface area contributed by atoms with Crippen LogP contribution < -0.4 is 14.2 Å². The van der Waals surface area contributed by atoms with Crippen molar-refractivity contribution in [1.82, 2.24) is 0 Å². The van der Waals surface area contributed by atoms with Gasteiger partial charge in [-0.25, -0.2) is 4.79 Å². The number of rotatable bonds is 11. The van der Waals surface area contributed by atoms with Crippen molar-refractivity contribution in [3.63, 3.8) is 0 Å². The Kier molecular flexibility index (Phi) is 8.86. The van der Waals surface area contributed by atoms with Gasteiger partial charge in [0.1, 0.15) is 12.2 Å². The molecule has 7 nitrogen and oxygen atoms in total. The van der Waals surface area contributed by atoms with Gasteiger partial charge in [-0.05, 0) is 18.6 Å². The van der Waals surface area contributed by atoms with Crippen molar-refractivity contribution in [3.05, 3.63) is 17.7 Å². The molecule has 7 heteroatoms. The molecule has 0 spiro atoms. The number of methoxy groups -OCH3 is 3.